The largest absolute Gasteiger partial charge is 0.364 e. The summed E-state index contributed by atoms with van der Waals surface area (Å²) in [5, 5.41) is 1.38. The van der Waals surface area contributed by atoms with Crippen LogP contribution in [0.1, 0.15) is 47.1 Å². The van der Waals surface area contributed by atoms with E-state index in [1.165, 1.54) is 45.4 Å². The molecule has 2 unspecified atom stereocenters. The number of rotatable bonds is 1. The van der Waals surface area contributed by atoms with Crippen molar-refractivity contribution in [2.24, 2.45) is 0 Å². The smallest absolute Gasteiger partial charge is 0.123 e. The highest BCUT2D eigenvalue weighted by atomic mass is 19.1. The lowest BCUT2D eigenvalue weighted by Gasteiger charge is -2.26. The molecular weight excluding hydrogens is 339 g/mol. The Morgan fingerprint density at radius 1 is 1.15 bits per heavy atom. The van der Waals surface area contributed by atoms with Crippen molar-refractivity contribution in [3.05, 3.63) is 70.2 Å². The maximum atomic E-state index is 13.4. The molecule has 3 aromatic rings. The van der Waals surface area contributed by atoms with Gasteiger partial charge in [-0.1, -0.05) is 23.8 Å². The lowest BCUT2D eigenvalue weighted by Crippen LogP contribution is -2.27. The molecule has 0 fully saturated rings. The quantitative estimate of drug-likeness (QED) is 0.610. The number of benzene rings is 2. The van der Waals surface area contributed by atoms with E-state index in [4.69, 9.17) is 4.74 Å². The van der Waals surface area contributed by atoms with Crippen molar-refractivity contribution in [1.82, 2.24) is 9.47 Å². The Morgan fingerprint density at radius 3 is 2.70 bits per heavy atom. The average Bonchev–Trinajstić information content (AvgIpc) is 2.85. The van der Waals surface area contributed by atoms with E-state index in [1.807, 2.05) is 12.1 Å². The van der Waals surface area contributed by atoms with Gasteiger partial charge < -0.3 is 14.2 Å². The summed E-state index contributed by atoms with van der Waals surface area (Å²) >= 11 is 0. The van der Waals surface area contributed by atoms with Crippen LogP contribution in [-0.2, 0) is 24.2 Å². The van der Waals surface area contributed by atoms with E-state index in [9.17, 15) is 4.39 Å². The Kier molecular flexibility index (Phi) is 3.88. The van der Waals surface area contributed by atoms with Crippen LogP contribution in [0.4, 0.5) is 4.39 Å². The maximum absolute atomic E-state index is 13.4. The molecule has 140 valence electrons. The molecule has 2 aliphatic rings. The van der Waals surface area contributed by atoms with Crippen LogP contribution in [0.3, 0.4) is 0 Å². The third-order valence-corrected chi connectivity index (χ3v) is 6.11. The highest BCUT2D eigenvalue weighted by Crippen LogP contribution is 2.41. The summed E-state index contributed by atoms with van der Waals surface area (Å²) in [5.74, 6) is -0.205. The van der Waals surface area contributed by atoms with E-state index >= 15 is 0 Å². The van der Waals surface area contributed by atoms with Gasteiger partial charge in [0.15, 0.2) is 0 Å². The number of aromatic nitrogens is 1. The van der Waals surface area contributed by atoms with Crippen molar-refractivity contribution in [3.8, 4) is 0 Å². The Bertz CT molecular complexity index is 1020. The first-order chi connectivity index (χ1) is 13.0. The molecule has 0 bridgehead atoms. The molecule has 0 aliphatic carbocycles. The monoisotopic (exact) mass is 364 g/mol. The molecule has 4 heteroatoms. The van der Waals surface area contributed by atoms with Crippen molar-refractivity contribution in [2.75, 3.05) is 13.6 Å². The second-order valence-electron chi connectivity index (χ2n) is 8.09. The average molecular weight is 364 g/mol. The highest BCUT2D eigenvalue weighted by Gasteiger charge is 2.31. The summed E-state index contributed by atoms with van der Waals surface area (Å²) in [6.07, 6.45) is 0.981. The van der Waals surface area contributed by atoms with Gasteiger partial charge in [0, 0.05) is 36.2 Å². The molecular formula is C23H25FN2O. The fourth-order valence-electron chi connectivity index (χ4n) is 4.80. The first-order valence-corrected chi connectivity index (χ1v) is 9.75. The van der Waals surface area contributed by atoms with Gasteiger partial charge in [-0.2, -0.15) is 0 Å². The van der Waals surface area contributed by atoms with E-state index in [0.717, 1.165) is 31.6 Å². The van der Waals surface area contributed by atoms with E-state index in [0.29, 0.717) is 0 Å². The number of likely N-dealkylation sites (N-methyl/N-ethyl adjacent to an activating group) is 1. The van der Waals surface area contributed by atoms with Gasteiger partial charge >= 0.3 is 0 Å². The zero-order valence-corrected chi connectivity index (χ0v) is 16.1. The second-order valence-corrected chi connectivity index (χ2v) is 8.09. The fraction of sp³-hybridized carbons (Fsp3) is 0.391. The molecule has 2 aliphatic heterocycles. The standard InChI is InChI=1S/C23H25FN2O/c1-14-10-18-15(2)27-22(16-4-6-17(24)7-5-16)13-26-21-8-9-25(3)12-20(21)19(11-14)23(18)26/h4-7,10-11,15,22H,8-9,12-13H2,1-3H3. The molecule has 0 saturated heterocycles. The molecule has 0 radical (unpaired) electrons. The Labute approximate surface area is 159 Å². The Morgan fingerprint density at radius 2 is 1.93 bits per heavy atom. The van der Waals surface area contributed by atoms with Crippen molar-refractivity contribution in [3.63, 3.8) is 0 Å². The van der Waals surface area contributed by atoms with Crippen LogP contribution in [-0.4, -0.2) is 23.1 Å². The summed E-state index contributed by atoms with van der Waals surface area (Å²) in [6.45, 7) is 7.16. The number of halogens is 1. The number of fused-ring (bicyclic) bond motifs is 3. The lowest BCUT2D eigenvalue weighted by atomic mass is 9.99. The molecule has 1 aromatic heterocycles. The first-order valence-electron chi connectivity index (χ1n) is 9.75. The Balaban J connectivity index is 1.71. The van der Waals surface area contributed by atoms with Gasteiger partial charge in [0.1, 0.15) is 11.9 Å². The number of hydrogen-bond acceptors (Lipinski definition) is 2. The summed E-state index contributed by atoms with van der Waals surface area (Å²) in [6, 6.07) is 11.4. The van der Waals surface area contributed by atoms with Crippen molar-refractivity contribution < 1.29 is 9.13 Å². The zero-order valence-electron chi connectivity index (χ0n) is 16.1. The molecule has 5 rings (SSSR count). The predicted molar refractivity (Wildman–Crippen MR) is 105 cm³/mol. The van der Waals surface area contributed by atoms with Gasteiger partial charge in [-0.15, -0.1) is 0 Å². The summed E-state index contributed by atoms with van der Waals surface area (Å²) in [7, 11) is 2.20. The molecule has 3 nitrogen and oxygen atoms in total. The van der Waals surface area contributed by atoms with E-state index < -0.39 is 0 Å². The predicted octanol–water partition coefficient (Wildman–Crippen LogP) is 4.91. The molecule has 0 spiro atoms. The lowest BCUT2D eigenvalue weighted by molar-refractivity contribution is -0.00908. The maximum Gasteiger partial charge on any atom is 0.123 e. The summed E-state index contributed by atoms with van der Waals surface area (Å²) in [4.78, 5) is 2.40. The molecule has 0 saturated carbocycles. The van der Waals surface area contributed by atoms with Gasteiger partial charge in [0.2, 0.25) is 0 Å². The van der Waals surface area contributed by atoms with Gasteiger partial charge in [0.25, 0.3) is 0 Å². The third-order valence-electron chi connectivity index (χ3n) is 6.11. The summed E-state index contributed by atoms with van der Waals surface area (Å²) < 4.78 is 22.4. The minimum atomic E-state index is -0.205. The summed E-state index contributed by atoms with van der Waals surface area (Å²) in [5.41, 5.74) is 7.83. The minimum absolute atomic E-state index is 0.00205. The van der Waals surface area contributed by atoms with Crippen LogP contribution in [0, 0.1) is 12.7 Å². The van der Waals surface area contributed by atoms with Crippen molar-refractivity contribution >= 4 is 10.9 Å². The van der Waals surface area contributed by atoms with Crippen LogP contribution < -0.4 is 0 Å². The SMILES string of the molecule is Cc1cc2c3c(c1)c1c(n3CC(c3ccc(F)cc3)OC2C)CCN(C)C1. The van der Waals surface area contributed by atoms with Crippen LogP contribution in [0.2, 0.25) is 0 Å². The van der Waals surface area contributed by atoms with Crippen LogP contribution >= 0.6 is 0 Å². The number of nitrogens with zero attached hydrogens (tertiary/aromatic N) is 2. The topological polar surface area (TPSA) is 17.4 Å². The molecule has 2 atom stereocenters. The molecule has 0 amide bonds. The molecule has 0 N–H and O–H groups in total. The third kappa shape index (κ3) is 2.70. The fourth-order valence-corrected chi connectivity index (χ4v) is 4.80. The molecule has 2 aromatic carbocycles. The highest BCUT2D eigenvalue weighted by molar-refractivity contribution is 5.89. The second kappa shape index (κ2) is 6.18. The van der Waals surface area contributed by atoms with Crippen molar-refractivity contribution in [2.45, 2.75) is 45.6 Å². The minimum Gasteiger partial charge on any atom is -0.364 e. The first kappa shape index (κ1) is 17.0. The van der Waals surface area contributed by atoms with E-state index in [1.54, 1.807) is 0 Å². The van der Waals surface area contributed by atoms with E-state index in [2.05, 4.69) is 42.5 Å². The number of ether oxygens (including phenoxy) is 1. The van der Waals surface area contributed by atoms with E-state index in [-0.39, 0.29) is 18.0 Å². The van der Waals surface area contributed by atoms with Gasteiger partial charge in [-0.3, -0.25) is 0 Å². The van der Waals surface area contributed by atoms with Gasteiger partial charge in [-0.05, 0) is 50.2 Å². The van der Waals surface area contributed by atoms with Crippen LogP contribution in [0.5, 0.6) is 0 Å². The van der Waals surface area contributed by atoms with Crippen LogP contribution in [0.25, 0.3) is 10.9 Å². The molecule has 3 heterocycles. The van der Waals surface area contributed by atoms with Crippen molar-refractivity contribution in [1.29, 1.82) is 0 Å². The molecule has 27 heavy (non-hydrogen) atoms. The number of hydrogen-bond donors (Lipinski definition) is 0. The van der Waals surface area contributed by atoms with Gasteiger partial charge in [0.05, 0.1) is 18.2 Å². The van der Waals surface area contributed by atoms with Crippen LogP contribution in [0.15, 0.2) is 36.4 Å². The zero-order chi connectivity index (χ0) is 18.7. The normalized spacial score (nSPS) is 22.7. The Hall–Kier alpha value is -2.17. The number of aryl methyl sites for hydroxylation is 1. The van der Waals surface area contributed by atoms with Gasteiger partial charge in [-0.25, -0.2) is 4.39 Å².